The Morgan fingerprint density at radius 3 is 2.38 bits per heavy atom. The van der Waals surface area contributed by atoms with Crippen molar-refractivity contribution in [3.05, 3.63) is 76.7 Å². The van der Waals surface area contributed by atoms with E-state index in [4.69, 9.17) is 0 Å². The Balaban J connectivity index is 1.94. The van der Waals surface area contributed by atoms with Crippen molar-refractivity contribution in [3.8, 4) is 0 Å². The minimum atomic E-state index is -0.966. The number of amides is 3. The molecule has 1 aliphatic rings. The third-order valence-electron chi connectivity index (χ3n) is 5.43. The van der Waals surface area contributed by atoms with E-state index in [0.717, 1.165) is 5.56 Å². The van der Waals surface area contributed by atoms with E-state index < -0.39 is 29.7 Å². The molecule has 0 unspecified atom stereocenters. The Morgan fingerprint density at radius 2 is 1.72 bits per heavy atom. The van der Waals surface area contributed by atoms with Crippen LogP contribution in [0.5, 0.6) is 0 Å². The monoisotopic (exact) mass is 438 g/mol. The van der Waals surface area contributed by atoms with Crippen LogP contribution in [0.25, 0.3) is 0 Å². The molecule has 0 saturated carbocycles. The quantitative estimate of drug-likeness (QED) is 0.605. The lowest BCUT2D eigenvalue weighted by Crippen LogP contribution is -2.45. The molecule has 0 aliphatic carbocycles. The van der Waals surface area contributed by atoms with E-state index in [1.54, 1.807) is 46.0 Å². The van der Waals surface area contributed by atoms with Crippen LogP contribution in [-0.4, -0.2) is 35.7 Å². The maximum absolute atomic E-state index is 14.1. The summed E-state index contributed by atoms with van der Waals surface area (Å²) in [4.78, 5) is 40.6. The molecule has 0 spiro atoms. The molecule has 8 heteroatoms. The lowest BCUT2D eigenvalue weighted by molar-refractivity contribution is -0.136. The van der Waals surface area contributed by atoms with Crippen molar-refractivity contribution < 1.29 is 18.8 Å². The normalized spacial score (nSPS) is 15.5. The number of rotatable bonds is 6. The minimum absolute atomic E-state index is 0.0351. The maximum Gasteiger partial charge on any atom is 0.271 e. The van der Waals surface area contributed by atoms with Crippen LogP contribution in [0.15, 0.2) is 59.8 Å². The largest absolute Gasteiger partial charge is 0.321 e. The first-order chi connectivity index (χ1) is 15.2. The highest BCUT2D eigenvalue weighted by molar-refractivity contribution is 6.04. The van der Waals surface area contributed by atoms with Crippen LogP contribution < -0.4 is 16.0 Å². The van der Waals surface area contributed by atoms with E-state index >= 15 is 0 Å². The van der Waals surface area contributed by atoms with Gasteiger partial charge in [0.15, 0.2) is 0 Å². The number of nitrogens with one attached hydrogen (secondary N) is 3. The summed E-state index contributed by atoms with van der Waals surface area (Å²) in [6.07, 6.45) is 0. The highest BCUT2D eigenvalue weighted by Crippen LogP contribution is 2.35. The first-order valence-electron chi connectivity index (χ1n) is 10.3. The highest BCUT2D eigenvalue weighted by atomic mass is 19.1. The first-order valence-corrected chi connectivity index (χ1v) is 10.3. The molecule has 0 aromatic heterocycles. The molecule has 0 bridgehead atoms. The van der Waals surface area contributed by atoms with Gasteiger partial charge in [0.25, 0.3) is 11.8 Å². The molecule has 2 aromatic carbocycles. The van der Waals surface area contributed by atoms with Crippen LogP contribution >= 0.6 is 0 Å². The minimum Gasteiger partial charge on any atom is -0.321 e. The van der Waals surface area contributed by atoms with Gasteiger partial charge in [0.1, 0.15) is 17.6 Å². The number of carbonyl (C=O) groups is 3. The molecule has 3 N–H and O–H groups in total. The van der Waals surface area contributed by atoms with Gasteiger partial charge in [-0.1, -0.05) is 36.4 Å². The summed E-state index contributed by atoms with van der Waals surface area (Å²) in [5, 5.41) is 8.11. The van der Waals surface area contributed by atoms with Gasteiger partial charge in [-0.15, -0.1) is 0 Å². The van der Waals surface area contributed by atoms with E-state index in [0.29, 0.717) is 11.1 Å². The zero-order chi connectivity index (χ0) is 23.4. The fraction of sp³-hybridized carbons (Fsp3) is 0.292. The summed E-state index contributed by atoms with van der Waals surface area (Å²) >= 11 is 0. The number of hydrogen-bond donors (Lipinski definition) is 3. The Hall–Kier alpha value is -3.52. The second-order valence-electron chi connectivity index (χ2n) is 7.88. The third-order valence-corrected chi connectivity index (χ3v) is 5.43. The van der Waals surface area contributed by atoms with Gasteiger partial charge < -0.3 is 20.9 Å². The van der Waals surface area contributed by atoms with Gasteiger partial charge in [-0.3, -0.25) is 14.4 Å². The van der Waals surface area contributed by atoms with Gasteiger partial charge in [0.2, 0.25) is 5.91 Å². The zero-order valence-electron chi connectivity index (χ0n) is 18.5. The summed E-state index contributed by atoms with van der Waals surface area (Å²) in [7, 11) is 1.65. The van der Waals surface area contributed by atoms with Gasteiger partial charge in [0, 0.05) is 6.54 Å². The molecule has 168 valence electrons. The SMILES string of the molecule is CN[C@@H](C)C(=O)NC(C(=O)N1Cc2ccccc2[C@H]1C(=O)Nc1ccccc1F)=C(C)C. The van der Waals surface area contributed by atoms with E-state index in [1.165, 1.54) is 23.1 Å². The molecule has 1 aliphatic heterocycles. The van der Waals surface area contributed by atoms with Gasteiger partial charge in [-0.05, 0) is 56.7 Å². The van der Waals surface area contributed by atoms with Gasteiger partial charge >= 0.3 is 0 Å². The summed E-state index contributed by atoms with van der Waals surface area (Å²) in [5.41, 5.74) is 2.24. The van der Waals surface area contributed by atoms with Crippen LogP contribution in [0.4, 0.5) is 10.1 Å². The number of fused-ring (bicyclic) bond motifs is 1. The van der Waals surface area contributed by atoms with Crippen LogP contribution in [0, 0.1) is 5.82 Å². The Kier molecular flexibility index (Phi) is 7.05. The summed E-state index contributed by atoms with van der Waals surface area (Å²) in [6, 6.07) is 11.6. The molecule has 3 rings (SSSR count). The number of anilines is 1. The van der Waals surface area contributed by atoms with Crippen molar-refractivity contribution in [2.75, 3.05) is 12.4 Å². The molecular formula is C24H27FN4O3. The predicted molar refractivity (Wildman–Crippen MR) is 120 cm³/mol. The van der Waals surface area contributed by atoms with Crippen LogP contribution in [-0.2, 0) is 20.9 Å². The van der Waals surface area contributed by atoms with Crippen molar-refractivity contribution in [2.45, 2.75) is 39.4 Å². The summed E-state index contributed by atoms with van der Waals surface area (Å²) in [6.45, 7) is 5.31. The number of carbonyl (C=O) groups excluding carboxylic acids is 3. The third kappa shape index (κ3) is 4.70. The lowest BCUT2D eigenvalue weighted by Gasteiger charge is -2.27. The molecule has 0 saturated heterocycles. The topological polar surface area (TPSA) is 90.5 Å². The first kappa shape index (κ1) is 23.1. The Morgan fingerprint density at radius 1 is 1.06 bits per heavy atom. The number of hydrogen-bond acceptors (Lipinski definition) is 4. The highest BCUT2D eigenvalue weighted by Gasteiger charge is 2.40. The lowest BCUT2D eigenvalue weighted by atomic mass is 10.0. The molecule has 0 radical (unpaired) electrons. The van der Waals surface area contributed by atoms with Gasteiger partial charge in [-0.25, -0.2) is 4.39 Å². The fourth-order valence-electron chi connectivity index (χ4n) is 3.52. The maximum atomic E-state index is 14.1. The van der Waals surface area contributed by atoms with Gasteiger partial charge in [-0.2, -0.15) is 0 Å². The molecule has 0 fully saturated rings. The average molecular weight is 439 g/mol. The number of halogens is 1. The van der Waals surface area contributed by atoms with Crippen molar-refractivity contribution in [3.63, 3.8) is 0 Å². The van der Waals surface area contributed by atoms with E-state index in [9.17, 15) is 18.8 Å². The number of allylic oxidation sites excluding steroid dienone is 1. The van der Waals surface area contributed by atoms with Crippen LogP contribution in [0.2, 0.25) is 0 Å². The molecule has 32 heavy (non-hydrogen) atoms. The predicted octanol–water partition coefficient (Wildman–Crippen LogP) is 2.87. The van der Waals surface area contributed by atoms with Crippen molar-refractivity contribution in [1.82, 2.24) is 15.5 Å². The number of likely N-dealkylation sites (N-methyl/N-ethyl adjacent to an activating group) is 1. The molecule has 7 nitrogen and oxygen atoms in total. The number of benzene rings is 2. The number of para-hydroxylation sites is 1. The molecule has 1 heterocycles. The molecule has 2 atom stereocenters. The van der Waals surface area contributed by atoms with E-state index in [1.807, 2.05) is 12.1 Å². The van der Waals surface area contributed by atoms with Crippen LogP contribution in [0.1, 0.15) is 37.9 Å². The molecule has 3 amide bonds. The average Bonchev–Trinajstić information content (AvgIpc) is 3.17. The van der Waals surface area contributed by atoms with E-state index in [2.05, 4.69) is 16.0 Å². The summed E-state index contributed by atoms with van der Waals surface area (Å²) in [5.74, 6) is -1.94. The molecular weight excluding hydrogens is 411 g/mol. The van der Waals surface area contributed by atoms with Gasteiger partial charge in [0.05, 0.1) is 11.7 Å². The Bertz CT molecular complexity index is 1080. The van der Waals surface area contributed by atoms with E-state index in [-0.39, 0.29) is 23.8 Å². The summed E-state index contributed by atoms with van der Waals surface area (Å²) < 4.78 is 14.1. The second-order valence-corrected chi connectivity index (χ2v) is 7.88. The number of nitrogens with zero attached hydrogens (tertiary/aromatic N) is 1. The molecule has 2 aromatic rings. The fourth-order valence-corrected chi connectivity index (χ4v) is 3.52. The van der Waals surface area contributed by atoms with Crippen molar-refractivity contribution in [1.29, 1.82) is 0 Å². The van der Waals surface area contributed by atoms with Crippen molar-refractivity contribution >= 4 is 23.4 Å². The standard InChI is InChI=1S/C24H27FN4O3/c1-14(2)20(28-22(30)15(3)26-4)24(32)29-13-16-9-5-6-10-17(16)21(29)23(31)27-19-12-8-7-11-18(19)25/h5-12,15,21,26H,13H2,1-4H3,(H,27,31)(H,28,30)/t15-,21-/m0/s1. The van der Waals surface area contributed by atoms with Crippen molar-refractivity contribution in [2.24, 2.45) is 0 Å². The second kappa shape index (κ2) is 9.74. The Labute approximate surface area is 186 Å². The smallest absolute Gasteiger partial charge is 0.271 e. The van der Waals surface area contributed by atoms with Crippen LogP contribution in [0.3, 0.4) is 0 Å². The zero-order valence-corrected chi connectivity index (χ0v) is 18.5.